The summed E-state index contributed by atoms with van der Waals surface area (Å²) in [6.07, 6.45) is 0. The Morgan fingerprint density at radius 2 is 1.88 bits per heavy atom. The second-order valence-corrected chi connectivity index (χ2v) is 4.10. The summed E-state index contributed by atoms with van der Waals surface area (Å²) >= 11 is 6.02. The zero-order valence-corrected chi connectivity index (χ0v) is 9.55. The van der Waals surface area contributed by atoms with Crippen molar-refractivity contribution in [3.05, 3.63) is 52.8 Å². The third-order valence-electron chi connectivity index (χ3n) is 2.51. The van der Waals surface area contributed by atoms with Crippen LogP contribution in [0.3, 0.4) is 0 Å². The van der Waals surface area contributed by atoms with E-state index in [1.807, 2.05) is 19.1 Å². The first kappa shape index (κ1) is 11.0. The molecule has 0 aliphatic carbocycles. The third kappa shape index (κ3) is 2.02. The molecule has 0 atom stereocenters. The second-order valence-electron chi connectivity index (χ2n) is 3.70. The molecule has 3 heteroatoms. The van der Waals surface area contributed by atoms with Crippen LogP contribution < -0.4 is 5.73 Å². The molecule has 0 radical (unpaired) electrons. The lowest BCUT2D eigenvalue weighted by Crippen LogP contribution is -1.90. The smallest absolute Gasteiger partial charge is 0.123 e. The maximum Gasteiger partial charge on any atom is 0.123 e. The minimum Gasteiger partial charge on any atom is -0.399 e. The van der Waals surface area contributed by atoms with Crippen LogP contribution in [0.1, 0.15) is 5.56 Å². The SMILES string of the molecule is Cc1cc(-c2cc(F)ccc2Cl)ccc1N. The number of nitrogen functional groups attached to an aromatic ring is 1. The van der Waals surface area contributed by atoms with Gasteiger partial charge >= 0.3 is 0 Å². The summed E-state index contributed by atoms with van der Waals surface area (Å²) in [5.41, 5.74) is 8.96. The zero-order chi connectivity index (χ0) is 11.7. The summed E-state index contributed by atoms with van der Waals surface area (Å²) in [5, 5.41) is 0.533. The van der Waals surface area contributed by atoms with E-state index in [-0.39, 0.29) is 5.82 Å². The summed E-state index contributed by atoms with van der Waals surface area (Å²) < 4.78 is 13.1. The van der Waals surface area contributed by atoms with Crippen LogP contribution in [0.5, 0.6) is 0 Å². The van der Waals surface area contributed by atoms with Crippen molar-refractivity contribution in [3.8, 4) is 11.1 Å². The summed E-state index contributed by atoms with van der Waals surface area (Å²) in [7, 11) is 0. The highest BCUT2D eigenvalue weighted by molar-refractivity contribution is 6.33. The van der Waals surface area contributed by atoms with Crippen molar-refractivity contribution >= 4 is 17.3 Å². The van der Waals surface area contributed by atoms with Gasteiger partial charge in [0.05, 0.1) is 0 Å². The fourth-order valence-corrected chi connectivity index (χ4v) is 1.79. The molecule has 0 saturated heterocycles. The molecule has 0 heterocycles. The molecule has 0 saturated carbocycles. The average Bonchev–Trinajstić information content (AvgIpc) is 2.26. The zero-order valence-electron chi connectivity index (χ0n) is 8.80. The second kappa shape index (κ2) is 4.14. The maximum atomic E-state index is 13.1. The first-order valence-electron chi connectivity index (χ1n) is 4.89. The highest BCUT2D eigenvalue weighted by Crippen LogP contribution is 2.30. The number of hydrogen-bond donors (Lipinski definition) is 1. The van der Waals surface area contributed by atoms with Crippen molar-refractivity contribution in [1.82, 2.24) is 0 Å². The van der Waals surface area contributed by atoms with Crippen molar-refractivity contribution in [1.29, 1.82) is 0 Å². The minimum absolute atomic E-state index is 0.297. The van der Waals surface area contributed by atoms with Crippen LogP contribution >= 0.6 is 11.6 Å². The van der Waals surface area contributed by atoms with E-state index in [1.165, 1.54) is 12.1 Å². The molecule has 0 unspecified atom stereocenters. The molecule has 16 heavy (non-hydrogen) atoms. The largest absolute Gasteiger partial charge is 0.399 e. The molecule has 0 spiro atoms. The maximum absolute atomic E-state index is 13.1. The monoisotopic (exact) mass is 235 g/mol. The molecule has 0 aliphatic heterocycles. The Hall–Kier alpha value is -1.54. The lowest BCUT2D eigenvalue weighted by Gasteiger charge is -2.07. The molecule has 0 aliphatic rings. The van der Waals surface area contributed by atoms with E-state index >= 15 is 0 Å². The molecule has 2 N–H and O–H groups in total. The van der Waals surface area contributed by atoms with E-state index in [4.69, 9.17) is 17.3 Å². The Bertz CT molecular complexity index is 537. The molecule has 1 nitrogen and oxygen atoms in total. The van der Waals surface area contributed by atoms with Crippen LogP contribution in [-0.4, -0.2) is 0 Å². The van der Waals surface area contributed by atoms with Crippen molar-refractivity contribution in [2.24, 2.45) is 0 Å². The number of anilines is 1. The van der Waals surface area contributed by atoms with Crippen molar-refractivity contribution < 1.29 is 4.39 Å². The molecular formula is C13H11ClFN. The Labute approximate surface area is 98.7 Å². The molecule has 2 aromatic carbocycles. The molecule has 0 bridgehead atoms. The highest BCUT2D eigenvalue weighted by Gasteiger charge is 2.06. The van der Waals surface area contributed by atoms with Crippen LogP contribution in [0.2, 0.25) is 5.02 Å². The van der Waals surface area contributed by atoms with E-state index in [0.717, 1.165) is 16.8 Å². The summed E-state index contributed by atoms with van der Waals surface area (Å²) in [4.78, 5) is 0. The van der Waals surface area contributed by atoms with E-state index < -0.39 is 0 Å². The minimum atomic E-state index is -0.297. The summed E-state index contributed by atoms with van der Waals surface area (Å²) in [6, 6.07) is 9.85. The molecule has 2 aromatic rings. The van der Waals surface area contributed by atoms with E-state index in [2.05, 4.69) is 0 Å². The Morgan fingerprint density at radius 3 is 2.56 bits per heavy atom. The third-order valence-corrected chi connectivity index (χ3v) is 2.84. The summed E-state index contributed by atoms with van der Waals surface area (Å²) in [5.74, 6) is -0.297. The Kier molecular flexibility index (Phi) is 2.84. The van der Waals surface area contributed by atoms with Gasteiger partial charge in [0, 0.05) is 16.3 Å². The Morgan fingerprint density at radius 1 is 1.12 bits per heavy atom. The van der Waals surface area contributed by atoms with E-state index in [1.54, 1.807) is 12.1 Å². The van der Waals surface area contributed by atoms with Gasteiger partial charge in [0.15, 0.2) is 0 Å². The van der Waals surface area contributed by atoms with Crippen molar-refractivity contribution in [2.45, 2.75) is 6.92 Å². The lowest BCUT2D eigenvalue weighted by atomic mass is 10.0. The van der Waals surface area contributed by atoms with Gasteiger partial charge in [0.1, 0.15) is 5.82 Å². The topological polar surface area (TPSA) is 26.0 Å². The number of benzene rings is 2. The number of hydrogen-bond acceptors (Lipinski definition) is 1. The lowest BCUT2D eigenvalue weighted by molar-refractivity contribution is 0.628. The van der Waals surface area contributed by atoms with Gasteiger partial charge in [0.25, 0.3) is 0 Å². The molecule has 2 rings (SSSR count). The average molecular weight is 236 g/mol. The van der Waals surface area contributed by atoms with Gasteiger partial charge in [0.2, 0.25) is 0 Å². The van der Waals surface area contributed by atoms with Gasteiger partial charge in [-0.3, -0.25) is 0 Å². The molecular weight excluding hydrogens is 225 g/mol. The quantitative estimate of drug-likeness (QED) is 0.742. The fraction of sp³-hybridized carbons (Fsp3) is 0.0769. The predicted molar refractivity (Wildman–Crippen MR) is 66.0 cm³/mol. The fourth-order valence-electron chi connectivity index (χ4n) is 1.56. The first-order valence-corrected chi connectivity index (χ1v) is 5.27. The Balaban J connectivity index is 2.58. The van der Waals surface area contributed by atoms with Gasteiger partial charge in [-0.25, -0.2) is 4.39 Å². The van der Waals surface area contributed by atoms with Gasteiger partial charge in [-0.15, -0.1) is 0 Å². The molecule has 82 valence electrons. The normalized spacial score (nSPS) is 10.4. The van der Waals surface area contributed by atoms with Crippen LogP contribution in [0.4, 0.5) is 10.1 Å². The van der Waals surface area contributed by atoms with Gasteiger partial charge in [-0.1, -0.05) is 17.7 Å². The standard InChI is InChI=1S/C13H11ClFN/c1-8-6-9(2-5-13(8)16)11-7-10(15)3-4-12(11)14/h2-7H,16H2,1H3. The molecule has 0 fully saturated rings. The summed E-state index contributed by atoms with van der Waals surface area (Å²) in [6.45, 7) is 1.91. The van der Waals surface area contributed by atoms with Gasteiger partial charge < -0.3 is 5.73 Å². The number of rotatable bonds is 1. The van der Waals surface area contributed by atoms with Gasteiger partial charge in [-0.05, 0) is 48.4 Å². The number of aryl methyl sites for hydroxylation is 1. The number of halogens is 2. The number of nitrogens with two attached hydrogens (primary N) is 1. The van der Waals surface area contributed by atoms with E-state index in [0.29, 0.717) is 10.6 Å². The van der Waals surface area contributed by atoms with Crippen LogP contribution in [0.15, 0.2) is 36.4 Å². The highest BCUT2D eigenvalue weighted by atomic mass is 35.5. The predicted octanol–water partition coefficient (Wildman–Crippen LogP) is 4.04. The first-order chi connectivity index (χ1) is 7.58. The molecule has 0 aromatic heterocycles. The van der Waals surface area contributed by atoms with Crippen LogP contribution in [-0.2, 0) is 0 Å². The van der Waals surface area contributed by atoms with Crippen molar-refractivity contribution in [2.75, 3.05) is 5.73 Å². The van der Waals surface area contributed by atoms with Gasteiger partial charge in [-0.2, -0.15) is 0 Å². The van der Waals surface area contributed by atoms with Crippen molar-refractivity contribution in [3.63, 3.8) is 0 Å². The van der Waals surface area contributed by atoms with Crippen LogP contribution in [0, 0.1) is 12.7 Å². The molecule has 0 amide bonds. The van der Waals surface area contributed by atoms with E-state index in [9.17, 15) is 4.39 Å². The van der Waals surface area contributed by atoms with Crippen LogP contribution in [0.25, 0.3) is 11.1 Å².